The number of aryl methyl sites for hydroxylation is 1. The Morgan fingerprint density at radius 1 is 1.06 bits per heavy atom. The van der Waals surface area contributed by atoms with Crippen LogP contribution in [-0.2, 0) is 4.79 Å². The lowest BCUT2D eigenvalue weighted by atomic mass is 10.2. The van der Waals surface area contributed by atoms with E-state index in [2.05, 4.69) is 10.3 Å². The molecule has 9 heteroatoms. The van der Waals surface area contributed by atoms with Gasteiger partial charge in [0.2, 0.25) is 5.91 Å². The maximum Gasteiger partial charge on any atom is 0.266 e. The summed E-state index contributed by atoms with van der Waals surface area (Å²) in [6.45, 7) is 1.93. The van der Waals surface area contributed by atoms with Crippen LogP contribution in [0.4, 0.5) is 5.69 Å². The molecule has 0 aliphatic carbocycles. The molecule has 0 atom stereocenters. The van der Waals surface area contributed by atoms with Gasteiger partial charge in [-0.1, -0.05) is 41.6 Å². The molecule has 0 fully saturated rings. The fourth-order valence-corrected chi connectivity index (χ4v) is 4.47. The summed E-state index contributed by atoms with van der Waals surface area (Å²) in [6, 6.07) is 17.7. The van der Waals surface area contributed by atoms with Crippen molar-refractivity contribution in [3.8, 4) is 17.2 Å². The Kier molecular flexibility index (Phi) is 7.09. The van der Waals surface area contributed by atoms with Gasteiger partial charge in [-0.05, 0) is 55.0 Å². The first-order chi connectivity index (χ1) is 16.4. The molecule has 0 unspecified atom stereocenters. The number of anilines is 1. The van der Waals surface area contributed by atoms with Crippen LogP contribution in [-0.4, -0.2) is 35.4 Å². The van der Waals surface area contributed by atoms with Gasteiger partial charge in [0.1, 0.15) is 11.5 Å². The normalized spacial score (nSPS) is 10.8. The van der Waals surface area contributed by atoms with Crippen LogP contribution in [0.1, 0.15) is 5.56 Å². The van der Waals surface area contributed by atoms with Crippen LogP contribution in [0.2, 0.25) is 5.02 Å². The van der Waals surface area contributed by atoms with Crippen molar-refractivity contribution in [1.82, 2.24) is 9.55 Å². The molecule has 174 valence electrons. The minimum absolute atomic E-state index is 0.00851. The van der Waals surface area contributed by atoms with Crippen molar-refractivity contribution in [2.24, 2.45) is 0 Å². The largest absolute Gasteiger partial charge is 0.495 e. The molecule has 1 heterocycles. The topological polar surface area (TPSA) is 82.5 Å². The molecule has 4 rings (SSSR count). The number of amides is 1. The van der Waals surface area contributed by atoms with Gasteiger partial charge in [0.05, 0.1) is 42.3 Å². The number of para-hydroxylation sites is 1. The molecule has 0 aliphatic heterocycles. The number of methoxy groups -OCH3 is 2. The molecule has 1 N–H and O–H groups in total. The predicted octanol–water partition coefficient (Wildman–Crippen LogP) is 5.10. The zero-order valence-electron chi connectivity index (χ0n) is 18.8. The van der Waals surface area contributed by atoms with Gasteiger partial charge in [-0.2, -0.15) is 0 Å². The minimum Gasteiger partial charge on any atom is -0.495 e. The molecule has 0 saturated heterocycles. The van der Waals surface area contributed by atoms with Gasteiger partial charge >= 0.3 is 0 Å². The Labute approximate surface area is 205 Å². The number of aromatic nitrogens is 2. The number of thioether (sulfide) groups is 1. The number of hydrogen-bond acceptors (Lipinski definition) is 6. The lowest BCUT2D eigenvalue weighted by molar-refractivity contribution is -0.113. The third-order valence-electron chi connectivity index (χ3n) is 5.09. The summed E-state index contributed by atoms with van der Waals surface area (Å²) in [5, 5.41) is 4.13. The molecule has 3 aromatic carbocycles. The van der Waals surface area contributed by atoms with Crippen LogP contribution >= 0.6 is 23.4 Å². The number of hydrogen-bond donors (Lipinski definition) is 1. The van der Waals surface area contributed by atoms with Gasteiger partial charge in [-0.25, -0.2) is 4.98 Å². The zero-order valence-corrected chi connectivity index (χ0v) is 20.4. The van der Waals surface area contributed by atoms with E-state index in [1.807, 2.05) is 25.1 Å². The maximum absolute atomic E-state index is 13.5. The summed E-state index contributed by atoms with van der Waals surface area (Å²) in [5.74, 6) is 0.734. The zero-order chi connectivity index (χ0) is 24.2. The van der Waals surface area contributed by atoms with E-state index in [0.29, 0.717) is 44.0 Å². The van der Waals surface area contributed by atoms with Crippen LogP contribution in [0.5, 0.6) is 11.5 Å². The molecule has 7 nitrogen and oxygen atoms in total. The van der Waals surface area contributed by atoms with Crippen molar-refractivity contribution in [2.75, 3.05) is 25.3 Å². The fourth-order valence-electron chi connectivity index (χ4n) is 3.49. The molecule has 0 spiro atoms. The highest BCUT2D eigenvalue weighted by Crippen LogP contribution is 2.30. The lowest BCUT2D eigenvalue weighted by Gasteiger charge is -2.16. The molecule has 0 aliphatic rings. The van der Waals surface area contributed by atoms with Gasteiger partial charge in [0.25, 0.3) is 5.56 Å². The van der Waals surface area contributed by atoms with Crippen molar-refractivity contribution >= 4 is 45.9 Å². The summed E-state index contributed by atoms with van der Waals surface area (Å²) in [6.07, 6.45) is 0. The summed E-state index contributed by atoms with van der Waals surface area (Å²) in [4.78, 5) is 31.0. The number of carbonyl (C=O) groups excluding carboxylic acids is 1. The van der Waals surface area contributed by atoms with Crippen molar-refractivity contribution in [2.45, 2.75) is 12.1 Å². The molecular formula is C25H22ClN3O4S. The summed E-state index contributed by atoms with van der Waals surface area (Å²) in [7, 11) is 3.06. The number of nitrogens with zero attached hydrogens (tertiary/aromatic N) is 2. The molecule has 0 radical (unpaired) electrons. The fraction of sp³-hybridized carbons (Fsp3) is 0.160. The van der Waals surface area contributed by atoms with E-state index in [-0.39, 0.29) is 17.2 Å². The van der Waals surface area contributed by atoms with E-state index in [0.717, 1.165) is 17.3 Å². The summed E-state index contributed by atoms with van der Waals surface area (Å²) >= 11 is 7.21. The van der Waals surface area contributed by atoms with Crippen molar-refractivity contribution in [1.29, 1.82) is 0 Å². The predicted molar refractivity (Wildman–Crippen MR) is 136 cm³/mol. The number of benzene rings is 3. The molecular weight excluding hydrogens is 474 g/mol. The van der Waals surface area contributed by atoms with Gasteiger partial charge in [0.15, 0.2) is 5.16 Å². The second-order valence-electron chi connectivity index (χ2n) is 7.41. The van der Waals surface area contributed by atoms with Crippen LogP contribution in [0, 0.1) is 6.92 Å². The first kappa shape index (κ1) is 23.7. The Bertz CT molecular complexity index is 1440. The van der Waals surface area contributed by atoms with Crippen LogP contribution in [0.3, 0.4) is 0 Å². The summed E-state index contributed by atoms with van der Waals surface area (Å²) in [5.41, 5.74) is 2.29. The van der Waals surface area contributed by atoms with Crippen molar-refractivity contribution in [3.05, 3.63) is 81.6 Å². The monoisotopic (exact) mass is 495 g/mol. The van der Waals surface area contributed by atoms with Crippen LogP contribution in [0.25, 0.3) is 16.6 Å². The van der Waals surface area contributed by atoms with E-state index < -0.39 is 0 Å². The smallest absolute Gasteiger partial charge is 0.266 e. The average Bonchev–Trinajstić information content (AvgIpc) is 2.83. The molecule has 1 aromatic heterocycles. The minimum atomic E-state index is -0.296. The molecule has 0 bridgehead atoms. The number of ether oxygens (including phenoxy) is 2. The summed E-state index contributed by atoms with van der Waals surface area (Å²) < 4.78 is 12.3. The average molecular weight is 496 g/mol. The highest BCUT2D eigenvalue weighted by molar-refractivity contribution is 7.99. The van der Waals surface area contributed by atoms with E-state index in [9.17, 15) is 9.59 Å². The number of fused-ring (bicyclic) bond motifs is 1. The number of rotatable bonds is 7. The molecule has 4 aromatic rings. The van der Waals surface area contributed by atoms with Crippen molar-refractivity contribution < 1.29 is 14.3 Å². The Balaban J connectivity index is 1.72. The van der Waals surface area contributed by atoms with Gasteiger partial charge in [-0.3, -0.25) is 14.2 Å². The quantitative estimate of drug-likeness (QED) is 0.284. The highest BCUT2D eigenvalue weighted by atomic mass is 35.5. The molecule has 34 heavy (non-hydrogen) atoms. The Morgan fingerprint density at radius 2 is 1.79 bits per heavy atom. The van der Waals surface area contributed by atoms with Crippen LogP contribution in [0.15, 0.2) is 70.6 Å². The SMILES string of the molecule is COc1ccc(Cl)cc1NC(=O)CSc1nc2ccccc2c(=O)n1-c1cc(C)ccc1OC. The van der Waals surface area contributed by atoms with E-state index in [1.165, 1.54) is 11.7 Å². The number of nitrogens with one attached hydrogen (secondary N) is 1. The first-order valence-corrected chi connectivity index (χ1v) is 11.7. The third kappa shape index (κ3) is 4.88. The van der Waals surface area contributed by atoms with Gasteiger partial charge in [0, 0.05) is 5.02 Å². The maximum atomic E-state index is 13.5. The third-order valence-corrected chi connectivity index (χ3v) is 6.26. The first-order valence-electron chi connectivity index (χ1n) is 10.3. The standard InChI is InChI=1S/C25H22ClN3O4S/c1-15-8-10-22(33-3)20(12-15)29-24(31)17-6-4-5-7-18(17)28-25(29)34-14-23(30)27-19-13-16(26)9-11-21(19)32-2/h4-13H,14H2,1-3H3,(H,27,30). The lowest BCUT2D eigenvalue weighted by Crippen LogP contribution is -2.23. The number of halogens is 1. The molecule has 0 saturated carbocycles. The highest BCUT2D eigenvalue weighted by Gasteiger charge is 2.18. The van der Waals surface area contributed by atoms with E-state index in [4.69, 9.17) is 21.1 Å². The van der Waals surface area contributed by atoms with Gasteiger partial charge in [-0.15, -0.1) is 0 Å². The Hall–Kier alpha value is -3.49. The van der Waals surface area contributed by atoms with E-state index >= 15 is 0 Å². The second kappa shape index (κ2) is 10.2. The Morgan fingerprint density at radius 3 is 2.56 bits per heavy atom. The van der Waals surface area contributed by atoms with Crippen molar-refractivity contribution in [3.63, 3.8) is 0 Å². The van der Waals surface area contributed by atoms with Crippen LogP contribution < -0.4 is 20.3 Å². The second-order valence-corrected chi connectivity index (χ2v) is 8.79. The van der Waals surface area contributed by atoms with E-state index in [1.54, 1.807) is 49.6 Å². The molecule has 1 amide bonds. The number of carbonyl (C=O) groups is 1. The van der Waals surface area contributed by atoms with Gasteiger partial charge < -0.3 is 14.8 Å².